The molecule has 1 aromatic carbocycles. The normalized spacial score (nSPS) is 19.5. The summed E-state index contributed by atoms with van der Waals surface area (Å²) in [6.45, 7) is 8.48. The molecule has 4 rings (SSSR count). The van der Waals surface area contributed by atoms with Gasteiger partial charge in [0.1, 0.15) is 0 Å². The van der Waals surface area contributed by atoms with Gasteiger partial charge in [0.2, 0.25) is 0 Å². The summed E-state index contributed by atoms with van der Waals surface area (Å²) >= 11 is 0. The molecule has 1 saturated heterocycles. The van der Waals surface area contributed by atoms with Gasteiger partial charge in [0.05, 0.1) is 35.7 Å². The molecule has 2 aromatic heterocycles. The number of rotatable bonds is 7. The van der Waals surface area contributed by atoms with Gasteiger partial charge in [-0.2, -0.15) is 5.10 Å². The van der Waals surface area contributed by atoms with Crippen LogP contribution in [0.4, 0.5) is 20.3 Å². The molecule has 0 radical (unpaired) electrons. The van der Waals surface area contributed by atoms with Crippen LogP contribution >= 0.6 is 0 Å². The lowest BCUT2D eigenvalue weighted by atomic mass is 9.97. The Balaban J connectivity index is 1.62. The Morgan fingerprint density at radius 3 is 2.69 bits per heavy atom. The molecule has 8 heteroatoms. The van der Waals surface area contributed by atoms with Crippen molar-refractivity contribution in [3.63, 3.8) is 0 Å². The van der Waals surface area contributed by atoms with E-state index in [1.807, 2.05) is 26.1 Å². The fourth-order valence-corrected chi connectivity index (χ4v) is 4.11. The molecule has 3 atom stereocenters. The molecule has 3 heterocycles. The van der Waals surface area contributed by atoms with Crippen molar-refractivity contribution in [1.82, 2.24) is 15.2 Å². The van der Waals surface area contributed by atoms with E-state index >= 15 is 0 Å². The van der Waals surface area contributed by atoms with Crippen molar-refractivity contribution >= 4 is 22.4 Å². The topological polar surface area (TPSA) is 63.2 Å². The average molecular weight is 442 g/mol. The van der Waals surface area contributed by atoms with E-state index in [1.54, 1.807) is 6.07 Å². The maximum Gasteiger partial charge on any atom is 0.263 e. The van der Waals surface area contributed by atoms with Gasteiger partial charge in [-0.15, -0.1) is 5.10 Å². The third-order valence-electron chi connectivity index (χ3n) is 6.25. The molecule has 170 valence electrons. The van der Waals surface area contributed by atoms with Gasteiger partial charge in [-0.05, 0) is 37.5 Å². The van der Waals surface area contributed by atoms with Crippen LogP contribution in [-0.2, 0) is 4.74 Å². The minimum absolute atomic E-state index is 0.00620. The van der Waals surface area contributed by atoms with Crippen molar-refractivity contribution in [2.45, 2.75) is 33.2 Å². The standard InChI is InChI=1S/C24H29F2N5O/c1-14-12-32-13-19(14)11-31(4)20-9-21-22(27-10-20)16(3)29-30-24(21)28-15(2)17-6-5-7-18(8-17)23(25)26/h5-10,14-15,19,23H,11-13H2,1-4H3,(H,28,30)/t14-,15+,19+/m0/s1. The smallest absolute Gasteiger partial charge is 0.263 e. The average Bonchev–Trinajstić information content (AvgIpc) is 3.19. The first-order valence-corrected chi connectivity index (χ1v) is 10.9. The zero-order valence-electron chi connectivity index (χ0n) is 18.8. The number of pyridine rings is 1. The largest absolute Gasteiger partial charge is 0.381 e. The maximum atomic E-state index is 13.1. The third-order valence-corrected chi connectivity index (χ3v) is 6.25. The van der Waals surface area contributed by atoms with Gasteiger partial charge < -0.3 is 15.0 Å². The highest BCUT2D eigenvalue weighted by atomic mass is 19.3. The van der Waals surface area contributed by atoms with Crippen LogP contribution in [0.15, 0.2) is 36.5 Å². The highest BCUT2D eigenvalue weighted by Crippen LogP contribution is 2.30. The van der Waals surface area contributed by atoms with Crippen LogP contribution in [0.5, 0.6) is 0 Å². The number of nitrogens with one attached hydrogen (secondary N) is 1. The van der Waals surface area contributed by atoms with Gasteiger partial charge in [-0.1, -0.05) is 25.1 Å². The second kappa shape index (κ2) is 9.32. The molecular weight excluding hydrogens is 412 g/mol. The number of ether oxygens (including phenoxy) is 1. The lowest BCUT2D eigenvalue weighted by molar-refractivity contribution is 0.151. The Morgan fingerprint density at radius 2 is 1.97 bits per heavy atom. The van der Waals surface area contributed by atoms with E-state index in [0.717, 1.165) is 47.6 Å². The van der Waals surface area contributed by atoms with E-state index in [1.165, 1.54) is 12.1 Å². The van der Waals surface area contributed by atoms with Crippen molar-refractivity contribution in [1.29, 1.82) is 0 Å². The number of alkyl halides is 2. The van der Waals surface area contributed by atoms with Crippen LogP contribution in [0, 0.1) is 18.8 Å². The van der Waals surface area contributed by atoms with Gasteiger partial charge in [-0.3, -0.25) is 4.98 Å². The Hall–Kier alpha value is -2.87. The van der Waals surface area contributed by atoms with Gasteiger partial charge in [0.25, 0.3) is 6.43 Å². The third kappa shape index (κ3) is 4.65. The Kier molecular flexibility index (Phi) is 6.50. The Morgan fingerprint density at radius 1 is 1.19 bits per heavy atom. The van der Waals surface area contributed by atoms with Gasteiger partial charge >= 0.3 is 0 Å². The lowest BCUT2D eigenvalue weighted by Gasteiger charge is -2.25. The van der Waals surface area contributed by atoms with Crippen LogP contribution in [0.2, 0.25) is 0 Å². The zero-order valence-corrected chi connectivity index (χ0v) is 18.8. The van der Waals surface area contributed by atoms with Crippen LogP contribution in [0.25, 0.3) is 10.9 Å². The van der Waals surface area contributed by atoms with E-state index in [-0.39, 0.29) is 11.6 Å². The van der Waals surface area contributed by atoms with Crippen molar-refractivity contribution < 1.29 is 13.5 Å². The quantitative estimate of drug-likeness (QED) is 0.546. The van der Waals surface area contributed by atoms with E-state index in [9.17, 15) is 8.78 Å². The van der Waals surface area contributed by atoms with Crippen LogP contribution in [0.1, 0.15) is 43.1 Å². The Labute approximate surface area is 187 Å². The molecule has 0 aliphatic carbocycles. The second-order valence-corrected chi connectivity index (χ2v) is 8.72. The molecule has 0 unspecified atom stereocenters. The summed E-state index contributed by atoms with van der Waals surface area (Å²) in [5.74, 6) is 1.59. The lowest BCUT2D eigenvalue weighted by Crippen LogP contribution is -2.28. The first kappa shape index (κ1) is 22.3. The Bertz CT molecular complexity index is 1090. The number of anilines is 2. The summed E-state index contributed by atoms with van der Waals surface area (Å²) in [6, 6.07) is 8.27. The summed E-state index contributed by atoms with van der Waals surface area (Å²) in [6.07, 6.45) is -0.644. The van der Waals surface area contributed by atoms with E-state index < -0.39 is 6.43 Å². The van der Waals surface area contributed by atoms with Crippen LogP contribution in [0.3, 0.4) is 0 Å². The molecule has 3 aromatic rings. The van der Waals surface area contributed by atoms with Crippen LogP contribution < -0.4 is 10.2 Å². The van der Waals surface area contributed by atoms with E-state index in [0.29, 0.717) is 17.7 Å². The number of aryl methyl sites for hydroxylation is 1. The molecule has 6 nitrogen and oxygen atoms in total. The minimum atomic E-state index is -2.50. The molecule has 1 N–H and O–H groups in total. The number of nitrogens with zero attached hydrogens (tertiary/aromatic N) is 4. The minimum Gasteiger partial charge on any atom is -0.381 e. The molecule has 0 amide bonds. The number of aromatic nitrogens is 3. The fourth-order valence-electron chi connectivity index (χ4n) is 4.11. The highest BCUT2D eigenvalue weighted by molar-refractivity contribution is 5.92. The molecule has 1 aliphatic rings. The summed E-state index contributed by atoms with van der Waals surface area (Å²) < 4.78 is 31.8. The molecule has 1 fully saturated rings. The zero-order chi connectivity index (χ0) is 22.8. The molecule has 0 spiro atoms. The first-order valence-electron chi connectivity index (χ1n) is 10.9. The summed E-state index contributed by atoms with van der Waals surface area (Å²) in [5.41, 5.74) is 3.26. The van der Waals surface area contributed by atoms with Crippen LogP contribution in [-0.4, -0.2) is 42.0 Å². The molecule has 1 aliphatic heterocycles. The van der Waals surface area contributed by atoms with Gasteiger partial charge in [0, 0.05) is 37.1 Å². The van der Waals surface area contributed by atoms with Crippen molar-refractivity contribution in [2.24, 2.45) is 11.8 Å². The number of hydrogen-bond donors (Lipinski definition) is 1. The van der Waals surface area contributed by atoms with E-state index in [4.69, 9.17) is 4.74 Å². The van der Waals surface area contributed by atoms with Gasteiger partial charge in [0.15, 0.2) is 5.82 Å². The highest BCUT2D eigenvalue weighted by Gasteiger charge is 2.26. The molecular formula is C24H29F2N5O. The molecule has 32 heavy (non-hydrogen) atoms. The first-order chi connectivity index (χ1) is 15.3. The molecule has 0 bridgehead atoms. The van der Waals surface area contributed by atoms with E-state index in [2.05, 4.69) is 45.4 Å². The summed E-state index contributed by atoms with van der Waals surface area (Å²) in [4.78, 5) is 6.85. The van der Waals surface area contributed by atoms with Crippen molar-refractivity contribution in [2.75, 3.05) is 37.0 Å². The number of fused-ring (bicyclic) bond motifs is 1. The number of halogens is 2. The SMILES string of the molecule is Cc1nnc(N[C@H](C)c2cccc(C(F)F)c2)c2cc(N(C)C[C@@H]3COC[C@@H]3C)cnc12. The summed E-state index contributed by atoms with van der Waals surface area (Å²) in [7, 11) is 2.06. The fraction of sp³-hybridized carbons (Fsp3) is 0.458. The monoisotopic (exact) mass is 441 g/mol. The van der Waals surface area contributed by atoms with Crippen molar-refractivity contribution in [3.8, 4) is 0 Å². The van der Waals surface area contributed by atoms with Gasteiger partial charge in [-0.25, -0.2) is 8.78 Å². The van der Waals surface area contributed by atoms with Crippen molar-refractivity contribution in [3.05, 3.63) is 53.3 Å². The second-order valence-electron chi connectivity index (χ2n) is 8.72. The number of hydrogen-bond acceptors (Lipinski definition) is 6. The summed E-state index contributed by atoms with van der Waals surface area (Å²) in [5, 5.41) is 12.8. The molecule has 0 saturated carbocycles. The maximum absolute atomic E-state index is 13.1. The predicted octanol–water partition coefficient (Wildman–Crippen LogP) is 5.16. The number of benzene rings is 1. The predicted molar refractivity (Wildman–Crippen MR) is 122 cm³/mol.